The number of nitrogens with zero attached hydrogens (tertiary/aromatic N) is 3. The predicted octanol–water partition coefficient (Wildman–Crippen LogP) is 4.69. The third kappa shape index (κ3) is 5.31. The smallest absolute Gasteiger partial charge is 0.436 e. The normalized spacial score (nSPS) is 30.0. The zero-order chi connectivity index (χ0) is 28.5. The number of hydrogen-bond donors (Lipinski definition) is 3. The van der Waals surface area contributed by atoms with Crippen LogP contribution in [-0.4, -0.2) is 49.3 Å². The predicted molar refractivity (Wildman–Crippen MR) is 120 cm³/mol. The van der Waals surface area contributed by atoms with Crippen LogP contribution in [0.25, 0.3) is 10.9 Å². The summed E-state index contributed by atoms with van der Waals surface area (Å²) < 4.78 is 107. The lowest BCUT2D eigenvalue weighted by Gasteiger charge is -2.41. The lowest BCUT2D eigenvalue weighted by molar-refractivity contribution is -0.141. The van der Waals surface area contributed by atoms with Crippen molar-refractivity contribution in [3.63, 3.8) is 0 Å². The van der Waals surface area contributed by atoms with Crippen LogP contribution in [0, 0.1) is 5.95 Å². The van der Waals surface area contributed by atoms with Gasteiger partial charge in [-0.15, -0.1) is 5.10 Å². The molecule has 1 aliphatic heterocycles. The Morgan fingerprint density at radius 2 is 1.79 bits per heavy atom. The van der Waals surface area contributed by atoms with Crippen LogP contribution >= 0.6 is 0 Å². The maximum absolute atomic E-state index is 14.7. The average molecular weight is 566 g/mol. The van der Waals surface area contributed by atoms with E-state index in [2.05, 4.69) is 15.4 Å². The van der Waals surface area contributed by atoms with Crippen LogP contribution in [0.2, 0.25) is 0 Å². The van der Waals surface area contributed by atoms with Crippen LogP contribution in [0.1, 0.15) is 62.7 Å². The van der Waals surface area contributed by atoms with Gasteiger partial charge in [0.15, 0.2) is 5.69 Å². The van der Waals surface area contributed by atoms with Crippen LogP contribution in [0.15, 0.2) is 22.8 Å². The molecule has 15 heteroatoms. The third-order valence-electron chi connectivity index (χ3n) is 7.12. The lowest BCUT2D eigenvalue weighted by Crippen LogP contribution is -2.53. The van der Waals surface area contributed by atoms with E-state index in [9.17, 15) is 40.9 Å². The number of halogens is 7. The minimum Gasteiger partial charge on any atom is -0.492 e. The third-order valence-corrected chi connectivity index (χ3v) is 7.12. The van der Waals surface area contributed by atoms with Gasteiger partial charge < -0.3 is 24.7 Å². The number of piperidine rings is 1. The van der Waals surface area contributed by atoms with Crippen molar-refractivity contribution in [2.24, 2.45) is 0 Å². The molecule has 3 N–H and O–H groups in total. The van der Waals surface area contributed by atoms with Gasteiger partial charge in [0, 0.05) is 24.9 Å². The summed E-state index contributed by atoms with van der Waals surface area (Å²) in [6.45, 7) is 2.88. The molecule has 8 nitrogen and oxygen atoms in total. The molecule has 1 aliphatic carbocycles. The Morgan fingerprint density at radius 1 is 1.10 bits per heavy atom. The lowest BCUT2D eigenvalue weighted by atomic mass is 9.77. The van der Waals surface area contributed by atoms with Crippen LogP contribution < -0.4 is 10.1 Å². The standard InChI is InChI=1S/C24H25F7N4O4/c1-11-5-22(37,20-33-17(10-39-20)24(29,30)31)6-12(32-11)9-38-14-3-15-18(16(4-14)23(26,27)28)35(34-19(15)25)13-7-21(2,36)8-13/h3-4,10-13,32,36-37H,5-9H2,1-2H3/t11-,12-,13?,21?,22-/m0/s1. The summed E-state index contributed by atoms with van der Waals surface area (Å²) in [5.41, 5.74) is -5.90. The molecular formula is C24H25F7N4O4. The van der Waals surface area contributed by atoms with Crippen LogP contribution in [0.3, 0.4) is 0 Å². The van der Waals surface area contributed by atoms with Gasteiger partial charge in [0.25, 0.3) is 0 Å². The summed E-state index contributed by atoms with van der Waals surface area (Å²) in [6, 6.07) is 0.0249. The summed E-state index contributed by atoms with van der Waals surface area (Å²) in [5.74, 6) is -1.97. The fourth-order valence-electron chi connectivity index (χ4n) is 5.52. The molecular weight excluding hydrogens is 541 g/mol. The van der Waals surface area contributed by atoms with E-state index >= 15 is 0 Å². The van der Waals surface area contributed by atoms with Crippen LogP contribution in [0.5, 0.6) is 5.75 Å². The first-order chi connectivity index (χ1) is 18.0. The number of rotatable bonds is 5. The summed E-state index contributed by atoms with van der Waals surface area (Å²) in [4.78, 5) is 3.38. The minimum absolute atomic E-state index is 0.0378. The molecule has 1 aromatic carbocycles. The molecule has 0 bridgehead atoms. The second-order valence-corrected chi connectivity index (χ2v) is 10.7. The van der Waals surface area contributed by atoms with Crippen LogP contribution in [-0.2, 0) is 18.0 Å². The fourth-order valence-corrected chi connectivity index (χ4v) is 5.52. The molecule has 5 rings (SSSR count). The molecule has 3 atom stereocenters. The van der Waals surface area contributed by atoms with E-state index < -0.39 is 75.7 Å². The number of aromatic nitrogens is 3. The zero-order valence-corrected chi connectivity index (χ0v) is 20.7. The van der Waals surface area contributed by atoms with Gasteiger partial charge in [0.2, 0.25) is 11.8 Å². The largest absolute Gasteiger partial charge is 0.492 e. The molecule has 39 heavy (non-hydrogen) atoms. The first-order valence-corrected chi connectivity index (χ1v) is 12.1. The Bertz CT molecular complexity index is 1380. The van der Waals surface area contributed by atoms with Crippen molar-refractivity contribution < 1.29 is 50.1 Å². The Balaban J connectivity index is 1.39. The van der Waals surface area contributed by atoms with Crippen molar-refractivity contribution in [3.8, 4) is 5.75 Å². The Hall–Kier alpha value is -2.91. The number of ether oxygens (including phenoxy) is 1. The van der Waals surface area contributed by atoms with E-state index in [4.69, 9.17) is 9.15 Å². The molecule has 3 aromatic rings. The summed E-state index contributed by atoms with van der Waals surface area (Å²) >= 11 is 0. The Morgan fingerprint density at radius 3 is 2.38 bits per heavy atom. The van der Waals surface area contributed by atoms with Gasteiger partial charge in [0.05, 0.1) is 28.1 Å². The molecule has 2 aliphatic rings. The maximum atomic E-state index is 14.7. The summed E-state index contributed by atoms with van der Waals surface area (Å²) in [6.07, 6.45) is -9.27. The highest BCUT2D eigenvalue weighted by Gasteiger charge is 2.46. The van der Waals surface area contributed by atoms with Crippen molar-refractivity contribution in [1.82, 2.24) is 20.1 Å². The second-order valence-electron chi connectivity index (χ2n) is 10.7. The first kappa shape index (κ1) is 27.6. The number of nitrogens with one attached hydrogen (secondary N) is 1. The topological polar surface area (TPSA) is 106 Å². The first-order valence-electron chi connectivity index (χ1n) is 12.1. The van der Waals surface area contributed by atoms with Gasteiger partial charge in [0.1, 0.15) is 24.2 Å². The molecule has 1 saturated heterocycles. The van der Waals surface area contributed by atoms with Crippen molar-refractivity contribution in [1.29, 1.82) is 0 Å². The summed E-state index contributed by atoms with van der Waals surface area (Å²) in [7, 11) is 0. The fraction of sp³-hybridized carbons (Fsp3) is 0.583. The monoisotopic (exact) mass is 566 g/mol. The number of oxazole rings is 1. The van der Waals surface area contributed by atoms with Gasteiger partial charge in [-0.3, -0.25) is 4.68 Å². The van der Waals surface area contributed by atoms with Crippen molar-refractivity contribution >= 4 is 10.9 Å². The molecule has 2 fully saturated rings. The number of fused-ring (bicyclic) bond motifs is 1. The van der Waals surface area contributed by atoms with E-state index in [0.29, 0.717) is 6.26 Å². The zero-order valence-electron chi connectivity index (χ0n) is 20.7. The molecule has 214 valence electrons. The second kappa shape index (κ2) is 9.06. The van der Waals surface area contributed by atoms with Crippen molar-refractivity contribution in [2.75, 3.05) is 6.61 Å². The highest BCUT2D eigenvalue weighted by atomic mass is 19.4. The molecule has 0 unspecified atom stereocenters. The number of hydrogen-bond acceptors (Lipinski definition) is 7. The number of alkyl halides is 6. The van der Waals surface area contributed by atoms with Gasteiger partial charge in [-0.2, -0.15) is 30.7 Å². The van der Waals surface area contributed by atoms with E-state index in [-0.39, 0.29) is 38.0 Å². The Labute approximate surface area is 216 Å². The van der Waals surface area contributed by atoms with Gasteiger partial charge in [-0.05, 0) is 38.8 Å². The van der Waals surface area contributed by atoms with Gasteiger partial charge in [-0.25, -0.2) is 4.98 Å². The SMILES string of the molecule is C[C@H]1C[C@@](O)(c2nc(C(F)(F)F)co2)C[C@@H](COc2cc(C(F)(F)F)c3c(c2)c(F)nn3C2CC(C)(O)C2)N1. The van der Waals surface area contributed by atoms with Crippen LogP contribution in [0.4, 0.5) is 30.7 Å². The maximum Gasteiger partial charge on any atom is 0.436 e. The molecule has 0 radical (unpaired) electrons. The molecule has 3 heterocycles. The summed E-state index contributed by atoms with van der Waals surface area (Å²) in [5, 5.41) is 27.4. The van der Waals surface area contributed by atoms with E-state index in [1.807, 2.05) is 0 Å². The Kier molecular flexibility index (Phi) is 6.42. The van der Waals surface area contributed by atoms with Gasteiger partial charge in [-0.1, -0.05) is 0 Å². The highest BCUT2D eigenvalue weighted by molar-refractivity contribution is 5.85. The molecule has 1 saturated carbocycles. The highest BCUT2D eigenvalue weighted by Crippen LogP contribution is 2.46. The quantitative estimate of drug-likeness (QED) is 0.385. The van der Waals surface area contributed by atoms with E-state index in [1.54, 1.807) is 6.92 Å². The number of benzene rings is 1. The van der Waals surface area contributed by atoms with Gasteiger partial charge >= 0.3 is 12.4 Å². The van der Waals surface area contributed by atoms with E-state index in [0.717, 1.165) is 16.8 Å². The van der Waals surface area contributed by atoms with E-state index in [1.165, 1.54) is 6.92 Å². The van der Waals surface area contributed by atoms with Crippen molar-refractivity contribution in [2.45, 2.75) is 81.2 Å². The minimum atomic E-state index is -4.88. The average Bonchev–Trinajstić information content (AvgIpc) is 3.41. The number of aliphatic hydroxyl groups is 2. The molecule has 0 spiro atoms. The molecule has 2 aromatic heterocycles. The molecule has 0 amide bonds. The van der Waals surface area contributed by atoms with Crippen molar-refractivity contribution in [3.05, 3.63) is 41.5 Å².